The fourth-order valence-electron chi connectivity index (χ4n) is 6.10. The van der Waals surface area contributed by atoms with Gasteiger partial charge in [0.15, 0.2) is 88.7 Å². The molecule has 0 atom stereocenters. The molecular formula is C36H14BF20NO4. The van der Waals surface area contributed by atoms with Crippen LogP contribution in [0.2, 0.25) is 0 Å². The highest BCUT2D eigenvalue weighted by Gasteiger charge is 2.52. The molecule has 330 valence electrons. The van der Waals surface area contributed by atoms with Gasteiger partial charge in [-0.3, -0.25) is 0 Å². The summed E-state index contributed by atoms with van der Waals surface area (Å²) >= 11 is 0. The summed E-state index contributed by atoms with van der Waals surface area (Å²) < 4.78 is 305. The number of methoxy groups -OCH3 is 2. The van der Waals surface area contributed by atoms with Crippen LogP contribution < -0.4 is 26.4 Å². The largest absolute Gasteiger partial charge is 0.465 e. The van der Waals surface area contributed by atoms with Gasteiger partial charge in [0.1, 0.15) is 58.3 Å². The van der Waals surface area contributed by atoms with Crippen molar-refractivity contribution in [1.82, 2.24) is 0 Å². The van der Waals surface area contributed by atoms with Gasteiger partial charge >= 0.3 is 11.9 Å². The second-order valence-corrected chi connectivity index (χ2v) is 12.0. The van der Waals surface area contributed by atoms with Crippen molar-refractivity contribution >= 4 is 39.9 Å². The van der Waals surface area contributed by atoms with E-state index in [-0.39, 0.29) is 5.57 Å². The van der Waals surface area contributed by atoms with Crippen LogP contribution in [0.25, 0.3) is 0 Å². The number of benzene rings is 4. The zero-order valence-corrected chi connectivity index (χ0v) is 29.9. The van der Waals surface area contributed by atoms with Crippen molar-refractivity contribution in [2.75, 3.05) is 14.2 Å². The Kier molecular flexibility index (Phi) is 14.1. The van der Waals surface area contributed by atoms with E-state index in [0.717, 1.165) is 0 Å². The first kappa shape index (κ1) is 48.0. The summed E-state index contributed by atoms with van der Waals surface area (Å²) in [7, 11) is 2.43. The molecule has 0 radical (unpaired) electrons. The SMILES string of the molecule is COC(=O)C(=CC[n+]1ccccc1)C(=O)OC.Fc1c(F)c(F)c([B-](c2c(F)c(F)c(F)c(F)c2F)(c2c(F)c(F)c(F)c(F)c2F)c2c(F)c(F)c(F)c(F)c2F)c(F)c1F. The van der Waals surface area contributed by atoms with Gasteiger partial charge < -0.3 is 9.47 Å². The summed E-state index contributed by atoms with van der Waals surface area (Å²) in [5.74, 6) is -72.8. The molecule has 0 spiro atoms. The van der Waals surface area contributed by atoms with Crippen LogP contribution in [-0.2, 0) is 25.6 Å². The molecule has 26 heteroatoms. The number of esters is 2. The van der Waals surface area contributed by atoms with Gasteiger partial charge in [-0.05, 0) is 0 Å². The number of allylic oxidation sites excluding steroid dienone is 1. The van der Waals surface area contributed by atoms with E-state index in [1.807, 2.05) is 35.2 Å². The summed E-state index contributed by atoms with van der Waals surface area (Å²) in [5, 5.41) is 0. The second kappa shape index (κ2) is 18.2. The fraction of sp³-hybridized carbons (Fsp3) is 0.0833. The molecular weight excluding hydrogens is 901 g/mol. The van der Waals surface area contributed by atoms with Crippen molar-refractivity contribution in [3.05, 3.63) is 159 Å². The van der Waals surface area contributed by atoms with Gasteiger partial charge in [0.25, 0.3) is 0 Å². The molecule has 0 amide bonds. The van der Waals surface area contributed by atoms with Gasteiger partial charge in [0.2, 0.25) is 0 Å². The zero-order chi connectivity index (χ0) is 47.0. The molecule has 1 aromatic heterocycles. The van der Waals surface area contributed by atoms with E-state index in [4.69, 9.17) is 0 Å². The van der Waals surface area contributed by atoms with Crippen LogP contribution in [0, 0.1) is 116 Å². The fourth-order valence-corrected chi connectivity index (χ4v) is 6.10. The predicted molar refractivity (Wildman–Crippen MR) is 168 cm³/mol. The number of aromatic nitrogens is 1. The lowest BCUT2D eigenvalue weighted by Crippen LogP contribution is -2.81. The van der Waals surface area contributed by atoms with Gasteiger partial charge in [-0.2, -0.15) is 0 Å². The minimum atomic E-state index is -7.22. The number of halogens is 20. The summed E-state index contributed by atoms with van der Waals surface area (Å²) in [6.45, 7) is 0.389. The molecule has 0 unspecified atom stereocenters. The minimum absolute atomic E-state index is 0.105. The lowest BCUT2D eigenvalue weighted by Gasteiger charge is -2.44. The van der Waals surface area contributed by atoms with Crippen LogP contribution in [0.5, 0.6) is 0 Å². The van der Waals surface area contributed by atoms with Crippen molar-refractivity contribution in [3.8, 4) is 0 Å². The molecule has 0 aliphatic heterocycles. The smallest absolute Gasteiger partial charge is 0.345 e. The van der Waals surface area contributed by atoms with Crippen molar-refractivity contribution in [1.29, 1.82) is 0 Å². The Morgan fingerprint density at radius 1 is 0.403 bits per heavy atom. The Hall–Kier alpha value is -6.63. The van der Waals surface area contributed by atoms with Crippen LogP contribution in [0.15, 0.2) is 42.2 Å². The molecule has 0 saturated carbocycles. The molecule has 0 bridgehead atoms. The number of carbonyl (C=O) groups excluding carboxylic acids is 2. The number of pyridine rings is 1. The molecule has 5 nitrogen and oxygen atoms in total. The third-order valence-electron chi connectivity index (χ3n) is 8.80. The van der Waals surface area contributed by atoms with Crippen molar-refractivity contribution in [3.63, 3.8) is 0 Å². The van der Waals surface area contributed by atoms with Crippen LogP contribution >= 0.6 is 0 Å². The Labute approximate surface area is 330 Å². The predicted octanol–water partition coefficient (Wildman–Crippen LogP) is 6.09. The highest BCUT2D eigenvalue weighted by Crippen LogP contribution is 2.30. The van der Waals surface area contributed by atoms with Crippen LogP contribution in [-0.4, -0.2) is 32.3 Å². The molecule has 5 aromatic rings. The van der Waals surface area contributed by atoms with Crippen LogP contribution in [0.4, 0.5) is 87.8 Å². The lowest BCUT2D eigenvalue weighted by atomic mass is 9.12. The molecule has 0 saturated heterocycles. The molecule has 4 aromatic carbocycles. The standard InChI is InChI=1S/C24BF20.C12H14NO4/c26-5-1(6(27)14(35)21(42)13(5)34)25(2-7(28)15(36)22(43)16(37)8(2)29,3-9(30)17(38)23(44)18(39)10(3)31)4-11(32)19(40)24(45)20(41)12(4)33;1-16-11(14)10(12(15)17-2)6-9-13-7-4-3-5-8-13/h;3-8H,9H2,1-2H3/q-1;+1. The van der Waals surface area contributed by atoms with E-state index in [9.17, 15) is 62.3 Å². The maximum atomic E-state index is 15.4. The maximum absolute atomic E-state index is 15.4. The number of carbonyl (C=O) groups is 2. The third kappa shape index (κ3) is 7.65. The van der Waals surface area contributed by atoms with Gasteiger partial charge in [-0.1, -0.05) is 6.07 Å². The summed E-state index contributed by atoms with van der Waals surface area (Å²) in [4.78, 5) is 22.7. The monoisotopic (exact) mass is 915 g/mol. The summed E-state index contributed by atoms with van der Waals surface area (Å²) in [6, 6.07) is 5.58. The number of nitrogens with zero attached hydrogens (tertiary/aromatic N) is 1. The highest BCUT2D eigenvalue weighted by molar-refractivity contribution is 7.20. The van der Waals surface area contributed by atoms with Crippen LogP contribution in [0.3, 0.4) is 0 Å². The number of hydrogen-bond donors (Lipinski definition) is 0. The van der Waals surface area contributed by atoms with E-state index < -0.39 is 156 Å². The lowest BCUT2D eigenvalue weighted by molar-refractivity contribution is -0.687. The summed E-state index contributed by atoms with van der Waals surface area (Å²) in [5.41, 5.74) is -14.4. The van der Waals surface area contributed by atoms with E-state index in [1.165, 1.54) is 20.3 Å². The second-order valence-electron chi connectivity index (χ2n) is 12.0. The molecule has 0 aliphatic carbocycles. The van der Waals surface area contributed by atoms with Gasteiger partial charge in [0, 0.05) is 18.2 Å². The average molecular weight is 915 g/mol. The normalized spacial score (nSPS) is 11.3. The molecule has 1 heterocycles. The van der Waals surface area contributed by atoms with Crippen molar-refractivity contribution in [2.45, 2.75) is 6.54 Å². The van der Waals surface area contributed by atoms with Crippen molar-refractivity contribution in [2.24, 2.45) is 0 Å². The van der Waals surface area contributed by atoms with Crippen LogP contribution in [0.1, 0.15) is 0 Å². The van der Waals surface area contributed by atoms with E-state index in [0.29, 0.717) is 6.54 Å². The van der Waals surface area contributed by atoms with Crippen molar-refractivity contribution < 1.29 is 111 Å². The first-order chi connectivity index (χ1) is 28.9. The summed E-state index contributed by atoms with van der Waals surface area (Å²) in [6.07, 6.45) is -2.10. The topological polar surface area (TPSA) is 56.5 Å². The third-order valence-corrected chi connectivity index (χ3v) is 8.80. The van der Waals surface area contributed by atoms with Gasteiger partial charge in [-0.15, -0.1) is 21.9 Å². The number of ether oxygens (including phenoxy) is 2. The minimum Gasteiger partial charge on any atom is -0.465 e. The number of hydrogen-bond acceptors (Lipinski definition) is 4. The van der Waals surface area contributed by atoms with Gasteiger partial charge in [0.05, 0.1) is 14.2 Å². The van der Waals surface area contributed by atoms with E-state index in [1.54, 1.807) is 0 Å². The van der Waals surface area contributed by atoms with E-state index in [2.05, 4.69) is 9.47 Å². The van der Waals surface area contributed by atoms with Gasteiger partial charge in [-0.25, -0.2) is 102 Å². The zero-order valence-electron chi connectivity index (χ0n) is 29.9. The Morgan fingerprint density at radius 2 is 0.613 bits per heavy atom. The first-order valence-electron chi connectivity index (χ1n) is 15.9. The molecule has 0 N–H and O–H groups in total. The molecule has 0 fully saturated rings. The molecule has 62 heavy (non-hydrogen) atoms. The number of rotatable bonds is 8. The highest BCUT2D eigenvalue weighted by atomic mass is 19.2. The van der Waals surface area contributed by atoms with E-state index >= 15 is 35.1 Å². The Balaban J connectivity index is 0.000000416. The molecule has 5 rings (SSSR count). The Morgan fingerprint density at radius 3 is 0.823 bits per heavy atom. The first-order valence-corrected chi connectivity index (χ1v) is 15.9. The maximum Gasteiger partial charge on any atom is 0.345 e. The quantitative estimate of drug-likeness (QED) is 0.0218. The Bertz CT molecular complexity index is 2280. The molecule has 0 aliphatic rings. The average Bonchev–Trinajstić information content (AvgIpc) is 3.26.